The first-order chi connectivity index (χ1) is 12.1. The average Bonchev–Trinajstić information content (AvgIpc) is 3.10. The monoisotopic (exact) mass is 357 g/mol. The number of hydrogen-bond donors (Lipinski definition) is 1. The van der Waals surface area contributed by atoms with E-state index in [1.54, 1.807) is 12.1 Å². The minimum Gasteiger partial charge on any atom is -0.411 e. The molecule has 2 aromatic carbocycles. The Hall–Kier alpha value is -2.67. The number of benzene rings is 2. The van der Waals surface area contributed by atoms with Crippen LogP contribution >= 0.6 is 11.8 Å². The number of hydrogen-bond acceptors (Lipinski definition) is 5. The van der Waals surface area contributed by atoms with E-state index in [0.29, 0.717) is 16.7 Å². The standard InChI is InChI=1S/C18H16FN3O2S/c1-12(13-5-3-2-4-6-13)20-16(23)11-25-18-22-21-17(24-18)14-7-9-15(19)10-8-14/h2-10,12H,11H2,1H3,(H,20,23). The van der Waals surface area contributed by atoms with Crippen LogP contribution in [0.1, 0.15) is 18.5 Å². The number of nitrogens with zero attached hydrogens (tertiary/aromatic N) is 2. The fourth-order valence-corrected chi connectivity index (χ4v) is 2.79. The van der Waals surface area contributed by atoms with E-state index in [9.17, 15) is 9.18 Å². The van der Waals surface area contributed by atoms with Gasteiger partial charge in [-0.2, -0.15) is 0 Å². The Balaban J connectivity index is 1.53. The van der Waals surface area contributed by atoms with Gasteiger partial charge < -0.3 is 9.73 Å². The summed E-state index contributed by atoms with van der Waals surface area (Å²) in [6, 6.07) is 15.4. The molecule has 1 amide bonds. The summed E-state index contributed by atoms with van der Waals surface area (Å²) in [5.74, 6) is 0.00732. The Morgan fingerprint density at radius 2 is 1.88 bits per heavy atom. The minimum atomic E-state index is -0.331. The number of aromatic nitrogens is 2. The summed E-state index contributed by atoms with van der Waals surface area (Å²) < 4.78 is 18.4. The van der Waals surface area contributed by atoms with Crippen molar-refractivity contribution in [3.8, 4) is 11.5 Å². The van der Waals surface area contributed by atoms with Gasteiger partial charge >= 0.3 is 0 Å². The summed E-state index contributed by atoms with van der Waals surface area (Å²) in [5.41, 5.74) is 1.67. The molecule has 0 spiro atoms. The van der Waals surface area contributed by atoms with Crippen molar-refractivity contribution in [1.29, 1.82) is 0 Å². The predicted molar refractivity (Wildman–Crippen MR) is 93.4 cm³/mol. The summed E-state index contributed by atoms with van der Waals surface area (Å²) in [7, 11) is 0. The first kappa shape index (κ1) is 17.2. The fraction of sp³-hybridized carbons (Fsp3) is 0.167. The molecule has 0 aliphatic rings. The van der Waals surface area contributed by atoms with E-state index in [-0.39, 0.29) is 23.5 Å². The largest absolute Gasteiger partial charge is 0.411 e. The van der Waals surface area contributed by atoms with Gasteiger partial charge in [-0.05, 0) is 36.8 Å². The number of rotatable bonds is 6. The number of amides is 1. The van der Waals surface area contributed by atoms with E-state index in [4.69, 9.17) is 4.42 Å². The summed E-state index contributed by atoms with van der Waals surface area (Å²) in [5, 5.41) is 11.0. The lowest BCUT2D eigenvalue weighted by molar-refractivity contribution is -0.119. The molecular formula is C18H16FN3O2S. The van der Waals surface area contributed by atoms with Crippen molar-refractivity contribution in [3.05, 3.63) is 66.0 Å². The SMILES string of the molecule is CC(NC(=O)CSc1nnc(-c2ccc(F)cc2)o1)c1ccccc1. The third-order valence-electron chi connectivity index (χ3n) is 3.50. The maximum Gasteiger partial charge on any atom is 0.277 e. The van der Waals surface area contributed by atoms with Crippen LogP contribution in [0.25, 0.3) is 11.5 Å². The van der Waals surface area contributed by atoms with Gasteiger partial charge in [0.15, 0.2) is 0 Å². The second kappa shape index (κ2) is 7.94. The van der Waals surface area contributed by atoms with Crippen LogP contribution in [0.2, 0.25) is 0 Å². The lowest BCUT2D eigenvalue weighted by Crippen LogP contribution is -2.28. The van der Waals surface area contributed by atoms with Gasteiger partial charge in [-0.3, -0.25) is 4.79 Å². The van der Waals surface area contributed by atoms with Gasteiger partial charge in [-0.25, -0.2) is 4.39 Å². The molecular weight excluding hydrogens is 341 g/mol. The molecule has 1 heterocycles. The molecule has 0 radical (unpaired) electrons. The number of thioether (sulfide) groups is 1. The molecule has 1 N–H and O–H groups in total. The molecule has 5 nitrogen and oxygen atoms in total. The highest BCUT2D eigenvalue weighted by molar-refractivity contribution is 7.99. The third-order valence-corrected chi connectivity index (χ3v) is 4.32. The highest BCUT2D eigenvalue weighted by atomic mass is 32.2. The van der Waals surface area contributed by atoms with E-state index in [2.05, 4.69) is 15.5 Å². The van der Waals surface area contributed by atoms with Gasteiger partial charge in [-0.15, -0.1) is 10.2 Å². The van der Waals surface area contributed by atoms with Gasteiger partial charge in [0.05, 0.1) is 11.8 Å². The molecule has 0 aliphatic carbocycles. The molecule has 0 saturated carbocycles. The van der Waals surface area contributed by atoms with Crippen LogP contribution in [-0.4, -0.2) is 21.9 Å². The van der Waals surface area contributed by atoms with Gasteiger partial charge in [0.2, 0.25) is 11.8 Å². The zero-order valence-corrected chi connectivity index (χ0v) is 14.3. The lowest BCUT2D eigenvalue weighted by atomic mass is 10.1. The Kier molecular flexibility index (Phi) is 5.45. The van der Waals surface area contributed by atoms with Crippen LogP contribution in [0, 0.1) is 5.82 Å². The number of halogens is 1. The smallest absolute Gasteiger partial charge is 0.277 e. The second-order valence-electron chi connectivity index (χ2n) is 5.37. The van der Waals surface area contributed by atoms with E-state index in [1.807, 2.05) is 37.3 Å². The fourth-order valence-electron chi connectivity index (χ4n) is 2.21. The summed E-state index contributed by atoms with van der Waals surface area (Å²) >= 11 is 1.16. The molecule has 0 aliphatic heterocycles. The number of nitrogens with one attached hydrogen (secondary N) is 1. The van der Waals surface area contributed by atoms with Gasteiger partial charge in [0.25, 0.3) is 5.22 Å². The van der Waals surface area contributed by atoms with E-state index in [1.165, 1.54) is 12.1 Å². The highest BCUT2D eigenvalue weighted by Gasteiger charge is 2.13. The Bertz CT molecular complexity index is 837. The van der Waals surface area contributed by atoms with Gasteiger partial charge in [0, 0.05) is 5.56 Å². The summed E-state index contributed by atoms with van der Waals surface area (Å²) in [4.78, 5) is 12.1. The Labute approximate surface area is 148 Å². The first-order valence-electron chi connectivity index (χ1n) is 7.68. The Morgan fingerprint density at radius 3 is 2.60 bits per heavy atom. The molecule has 128 valence electrons. The van der Waals surface area contributed by atoms with Crippen LogP contribution < -0.4 is 5.32 Å². The topological polar surface area (TPSA) is 68.0 Å². The molecule has 0 saturated heterocycles. The normalized spacial score (nSPS) is 11.9. The maximum absolute atomic E-state index is 12.9. The predicted octanol–water partition coefficient (Wildman–Crippen LogP) is 3.85. The molecule has 1 aromatic heterocycles. The van der Waals surface area contributed by atoms with Crippen molar-refractivity contribution in [2.75, 3.05) is 5.75 Å². The molecule has 1 unspecified atom stereocenters. The summed E-state index contributed by atoms with van der Waals surface area (Å²) in [6.45, 7) is 1.93. The van der Waals surface area contributed by atoms with E-state index >= 15 is 0 Å². The number of carbonyl (C=O) groups excluding carboxylic acids is 1. The highest BCUT2D eigenvalue weighted by Crippen LogP contribution is 2.23. The first-order valence-corrected chi connectivity index (χ1v) is 8.67. The van der Waals surface area contributed by atoms with Crippen LogP contribution in [0.3, 0.4) is 0 Å². The van der Waals surface area contributed by atoms with E-state index < -0.39 is 0 Å². The lowest BCUT2D eigenvalue weighted by Gasteiger charge is -2.13. The number of carbonyl (C=O) groups is 1. The molecule has 1 atom stereocenters. The maximum atomic E-state index is 12.9. The van der Waals surface area contributed by atoms with Gasteiger partial charge in [-0.1, -0.05) is 42.1 Å². The zero-order chi connectivity index (χ0) is 17.6. The van der Waals surface area contributed by atoms with Crippen LogP contribution in [0.5, 0.6) is 0 Å². The van der Waals surface area contributed by atoms with Crippen LogP contribution in [0.4, 0.5) is 4.39 Å². The molecule has 3 rings (SSSR count). The molecule has 25 heavy (non-hydrogen) atoms. The zero-order valence-electron chi connectivity index (χ0n) is 13.5. The second-order valence-corrected chi connectivity index (χ2v) is 6.30. The Morgan fingerprint density at radius 1 is 1.16 bits per heavy atom. The van der Waals surface area contributed by atoms with Crippen molar-refractivity contribution in [3.63, 3.8) is 0 Å². The van der Waals surface area contributed by atoms with E-state index in [0.717, 1.165) is 17.3 Å². The van der Waals surface area contributed by atoms with Crippen molar-refractivity contribution in [1.82, 2.24) is 15.5 Å². The van der Waals surface area contributed by atoms with Crippen molar-refractivity contribution < 1.29 is 13.6 Å². The van der Waals surface area contributed by atoms with Gasteiger partial charge in [0.1, 0.15) is 5.82 Å². The molecule has 3 aromatic rings. The molecule has 7 heteroatoms. The molecule has 0 fully saturated rings. The minimum absolute atomic E-state index is 0.0771. The quantitative estimate of drug-likeness (QED) is 0.679. The van der Waals surface area contributed by atoms with Crippen molar-refractivity contribution >= 4 is 17.7 Å². The van der Waals surface area contributed by atoms with Crippen LogP contribution in [0.15, 0.2) is 64.2 Å². The molecule has 0 bridgehead atoms. The van der Waals surface area contributed by atoms with Crippen LogP contribution in [-0.2, 0) is 4.79 Å². The van der Waals surface area contributed by atoms with Crippen molar-refractivity contribution in [2.24, 2.45) is 0 Å². The van der Waals surface area contributed by atoms with Crippen molar-refractivity contribution in [2.45, 2.75) is 18.2 Å². The third kappa shape index (κ3) is 4.67. The average molecular weight is 357 g/mol. The summed E-state index contributed by atoms with van der Waals surface area (Å²) in [6.07, 6.45) is 0.